The van der Waals surface area contributed by atoms with Gasteiger partial charge in [-0.2, -0.15) is 0 Å². The van der Waals surface area contributed by atoms with E-state index in [9.17, 15) is 9.59 Å². The quantitative estimate of drug-likeness (QED) is 0.685. The van der Waals surface area contributed by atoms with E-state index in [1.807, 2.05) is 19.1 Å². The van der Waals surface area contributed by atoms with Crippen molar-refractivity contribution in [1.29, 1.82) is 0 Å². The number of hydrogen-bond acceptors (Lipinski definition) is 5. The lowest BCUT2D eigenvalue weighted by Crippen LogP contribution is -2.18. The van der Waals surface area contributed by atoms with E-state index in [0.29, 0.717) is 23.3 Å². The first-order chi connectivity index (χ1) is 10.4. The van der Waals surface area contributed by atoms with Crippen LogP contribution in [0.1, 0.15) is 26.3 Å². The van der Waals surface area contributed by atoms with Crippen LogP contribution in [0.25, 0.3) is 10.8 Å². The number of carbonyl (C=O) groups is 2. The molecule has 2 aromatic rings. The molecule has 2 N–H and O–H groups in total. The zero-order chi connectivity index (χ0) is 16.3. The summed E-state index contributed by atoms with van der Waals surface area (Å²) < 4.78 is 10.5. The van der Waals surface area contributed by atoms with Crippen molar-refractivity contribution in [1.82, 2.24) is 0 Å². The molecule has 1 unspecified atom stereocenters. The van der Waals surface area contributed by atoms with Gasteiger partial charge in [0, 0.05) is 30.7 Å². The smallest absolute Gasteiger partial charge is 0.308 e. The van der Waals surface area contributed by atoms with E-state index in [1.54, 1.807) is 18.2 Å². The van der Waals surface area contributed by atoms with E-state index in [0.717, 1.165) is 10.9 Å². The highest BCUT2D eigenvalue weighted by atomic mass is 35.5. The molecule has 23 heavy (non-hydrogen) atoms. The van der Waals surface area contributed by atoms with Crippen LogP contribution in [0.3, 0.4) is 0 Å². The van der Waals surface area contributed by atoms with Gasteiger partial charge in [0.25, 0.3) is 0 Å². The lowest BCUT2D eigenvalue weighted by molar-refractivity contribution is -0.132. The number of esters is 2. The van der Waals surface area contributed by atoms with Crippen LogP contribution < -0.4 is 15.2 Å². The van der Waals surface area contributed by atoms with Crippen LogP contribution in [0.15, 0.2) is 30.3 Å². The Balaban J connectivity index is 0.00000264. The van der Waals surface area contributed by atoms with Gasteiger partial charge in [0.2, 0.25) is 0 Å². The van der Waals surface area contributed by atoms with E-state index < -0.39 is 11.9 Å². The van der Waals surface area contributed by atoms with Gasteiger partial charge in [0.1, 0.15) is 11.5 Å². The molecule has 0 heterocycles. The summed E-state index contributed by atoms with van der Waals surface area (Å²) in [6, 6.07) is 8.82. The zero-order valence-corrected chi connectivity index (χ0v) is 14.1. The summed E-state index contributed by atoms with van der Waals surface area (Å²) in [7, 11) is 0. The van der Waals surface area contributed by atoms with Crippen LogP contribution in [0.5, 0.6) is 11.5 Å². The fourth-order valence-electron chi connectivity index (χ4n) is 2.42. The van der Waals surface area contributed by atoms with Gasteiger partial charge in [-0.15, -0.1) is 12.4 Å². The summed E-state index contributed by atoms with van der Waals surface area (Å²) in [5.41, 5.74) is 6.83. The normalized spacial score (nSPS) is 11.5. The van der Waals surface area contributed by atoms with Gasteiger partial charge in [0.15, 0.2) is 0 Å². The highest BCUT2D eigenvalue weighted by Crippen LogP contribution is 2.36. The zero-order valence-electron chi connectivity index (χ0n) is 13.3. The minimum absolute atomic E-state index is 0. The van der Waals surface area contributed by atoms with Crippen molar-refractivity contribution >= 4 is 35.1 Å². The maximum absolute atomic E-state index is 11.3. The molecule has 1 atom stereocenters. The van der Waals surface area contributed by atoms with Crippen LogP contribution in [0.2, 0.25) is 0 Å². The molecule has 5 nitrogen and oxygen atoms in total. The predicted molar refractivity (Wildman–Crippen MR) is 91.2 cm³/mol. The highest BCUT2D eigenvalue weighted by molar-refractivity contribution is 5.98. The summed E-state index contributed by atoms with van der Waals surface area (Å²) in [4.78, 5) is 22.6. The van der Waals surface area contributed by atoms with E-state index in [-0.39, 0.29) is 18.4 Å². The fourth-order valence-corrected chi connectivity index (χ4v) is 2.42. The first-order valence-corrected chi connectivity index (χ1v) is 7.05. The summed E-state index contributed by atoms with van der Waals surface area (Å²) in [6.07, 6.45) is 0.620. The van der Waals surface area contributed by atoms with Gasteiger partial charge in [-0.25, -0.2) is 0 Å². The van der Waals surface area contributed by atoms with Crippen LogP contribution in [-0.2, 0) is 16.0 Å². The third-order valence-electron chi connectivity index (χ3n) is 3.10. The Kier molecular flexibility index (Phi) is 6.54. The van der Waals surface area contributed by atoms with E-state index >= 15 is 0 Å². The van der Waals surface area contributed by atoms with Crippen molar-refractivity contribution in [3.63, 3.8) is 0 Å². The molecular weight excluding hydrogens is 318 g/mol. The van der Waals surface area contributed by atoms with Crippen molar-refractivity contribution in [2.75, 3.05) is 0 Å². The second-order valence-electron chi connectivity index (χ2n) is 5.27. The maximum Gasteiger partial charge on any atom is 0.308 e. The molecule has 0 saturated carbocycles. The van der Waals surface area contributed by atoms with Crippen LogP contribution in [-0.4, -0.2) is 18.0 Å². The molecule has 0 amide bonds. The monoisotopic (exact) mass is 337 g/mol. The van der Waals surface area contributed by atoms with Gasteiger partial charge < -0.3 is 15.2 Å². The third-order valence-corrected chi connectivity index (χ3v) is 3.10. The molecule has 0 aliphatic heterocycles. The molecule has 124 valence electrons. The SMILES string of the molecule is CC(=O)Oc1ccc(CC(C)N)c2c(OC(C)=O)cccc12.Cl. The number of nitrogens with two attached hydrogens (primary N) is 1. The summed E-state index contributed by atoms with van der Waals surface area (Å²) in [6.45, 7) is 4.60. The molecule has 6 heteroatoms. The number of hydrogen-bond donors (Lipinski definition) is 1. The second kappa shape index (κ2) is 7.94. The topological polar surface area (TPSA) is 78.6 Å². The summed E-state index contributed by atoms with van der Waals surface area (Å²) in [5, 5.41) is 1.46. The van der Waals surface area contributed by atoms with Crippen molar-refractivity contribution in [2.45, 2.75) is 33.2 Å². The average Bonchev–Trinajstić information content (AvgIpc) is 2.40. The van der Waals surface area contributed by atoms with Crippen LogP contribution in [0.4, 0.5) is 0 Å². The number of halogens is 1. The Morgan fingerprint density at radius 1 is 1.04 bits per heavy atom. The number of carbonyl (C=O) groups excluding carboxylic acids is 2. The van der Waals surface area contributed by atoms with Crippen LogP contribution in [0, 0.1) is 0 Å². The average molecular weight is 338 g/mol. The molecule has 2 aromatic carbocycles. The van der Waals surface area contributed by atoms with Gasteiger partial charge in [-0.05, 0) is 31.0 Å². The fraction of sp³-hybridized carbons (Fsp3) is 0.294. The Labute approximate surface area is 141 Å². The molecule has 0 aromatic heterocycles. The van der Waals surface area contributed by atoms with E-state index in [1.165, 1.54) is 13.8 Å². The molecule has 0 saturated heterocycles. The molecule has 2 rings (SSSR count). The standard InChI is InChI=1S/C17H19NO4.ClH/c1-10(18)9-13-7-8-15(21-11(2)19)14-5-4-6-16(17(13)14)22-12(3)20;/h4-8,10H,9,18H2,1-3H3;1H. The Hall–Kier alpha value is -2.11. The van der Waals surface area contributed by atoms with Gasteiger partial charge in [-0.1, -0.05) is 18.2 Å². The van der Waals surface area contributed by atoms with Crippen LogP contribution >= 0.6 is 12.4 Å². The van der Waals surface area contributed by atoms with Crippen molar-refractivity contribution in [2.24, 2.45) is 5.73 Å². The van der Waals surface area contributed by atoms with Crippen molar-refractivity contribution in [3.05, 3.63) is 35.9 Å². The Bertz CT molecular complexity index is 728. The number of fused-ring (bicyclic) bond motifs is 1. The van der Waals surface area contributed by atoms with Gasteiger partial charge in [-0.3, -0.25) is 9.59 Å². The lowest BCUT2D eigenvalue weighted by Gasteiger charge is -2.15. The minimum Gasteiger partial charge on any atom is -0.426 e. The summed E-state index contributed by atoms with van der Waals surface area (Å²) >= 11 is 0. The second-order valence-corrected chi connectivity index (χ2v) is 5.27. The Morgan fingerprint density at radius 2 is 1.65 bits per heavy atom. The Morgan fingerprint density at radius 3 is 2.22 bits per heavy atom. The van der Waals surface area contributed by atoms with Gasteiger partial charge in [0.05, 0.1) is 0 Å². The van der Waals surface area contributed by atoms with Crippen molar-refractivity contribution < 1.29 is 19.1 Å². The number of ether oxygens (including phenoxy) is 2. The molecule has 0 aliphatic rings. The molecular formula is C17H20ClNO4. The maximum atomic E-state index is 11.3. The molecule has 0 spiro atoms. The minimum atomic E-state index is -0.405. The first kappa shape index (κ1) is 18.9. The van der Waals surface area contributed by atoms with E-state index in [2.05, 4.69) is 0 Å². The highest BCUT2D eigenvalue weighted by Gasteiger charge is 2.15. The van der Waals surface area contributed by atoms with Crippen molar-refractivity contribution in [3.8, 4) is 11.5 Å². The van der Waals surface area contributed by atoms with Gasteiger partial charge >= 0.3 is 11.9 Å². The molecule has 0 aliphatic carbocycles. The third kappa shape index (κ3) is 4.68. The summed E-state index contributed by atoms with van der Waals surface area (Å²) in [5.74, 6) is 0.0656. The molecule has 0 radical (unpaired) electrons. The number of benzene rings is 2. The van der Waals surface area contributed by atoms with E-state index in [4.69, 9.17) is 15.2 Å². The molecule has 0 bridgehead atoms. The number of rotatable bonds is 4. The molecule has 0 fully saturated rings. The largest absolute Gasteiger partial charge is 0.426 e. The lowest BCUT2D eigenvalue weighted by atomic mass is 9.98. The first-order valence-electron chi connectivity index (χ1n) is 7.05. The predicted octanol–water partition coefficient (Wildman–Crippen LogP) is 3.00.